The summed E-state index contributed by atoms with van der Waals surface area (Å²) in [7, 11) is 0. The van der Waals surface area contributed by atoms with Gasteiger partial charge in [-0.05, 0) is 54.3 Å². The molecule has 0 aromatic heterocycles. The minimum Gasteiger partial charge on any atom is -0.339 e. The Kier molecular flexibility index (Phi) is 5.54. The molecule has 148 valence electrons. The normalized spacial score (nSPS) is 14.8. The molecule has 1 saturated heterocycles. The van der Waals surface area contributed by atoms with Crippen LogP contribution in [0.25, 0.3) is 10.8 Å². The lowest BCUT2D eigenvalue weighted by molar-refractivity contribution is -0.121. The van der Waals surface area contributed by atoms with E-state index in [4.69, 9.17) is 11.6 Å². The third-order valence-corrected chi connectivity index (χ3v) is 5.87. The number of hydrogen-bond acceptors (Lipinski definition) is 2. The predicted octanol–water partition coefficient (Wildman–Crippen LogP) is 5.29. The number of amides is 2. The highest BCUT2D eigenvalue weighted by molar-refractivity contribution is 6.33. The summed E-state index contributed by atoms with van der Waals surface area (Å²) >= 11 is 6.23. The number of nitrogens with zero attached hydrogens (tertiary/aromatic N) is 1. The SMILES string of the molecule is Cc1ccc(NC(=O)C2CCN(C(=O)c3cccc4ccccc34)CC2)c(Cl)c1. The standard InChI is InChI=1S/C24H23ClN2O2/c1-16-9-10-22(21(25)15-16)26-23(28)18-11-13-27(14-12-18)24(29)20-8-4-6-17-5-2-3-7-19(17)20/h2-10,15,18H,11-14H2,1H3,(H,26,28). The average molecular weight is 407 g/mol. The fourth-order valence-electron chi connectivity index (χ4n) is 3.88. The average Bonchev–Trinajstić information content (AvgIpc) is 2.75. The van der Waals surface area contributed by atoms with Gasteiger partial charge in [0.25, 0.3) is 5.91 Å². The maximum atomic E-state index is 13.1. The molecule has 0 saturated carbocycles. The lowest BCUT2D eigenvalue weighted by Crippen LogP contribution is -2.41. The van der Waals surface area contributed by atoms with Gasteiger partial charge < -0.3 is 10.2 Å². The molecule has 1 heterocycles. The second-order valence-electron chi connectivity index (χ2n) is 7.57. The van der Waals surface area contributed by atoms with Gasteiger partial charge in [-0.1, -0.05) is 54.1 Å². The Balaban J connectivity index is 1.41. The maximum Gasteiger partial charge on any atom is 0.254 e. The Morgan fingerprint density at radius 3 is 2.48 bits per heavy atom. The number of carbonyl (C=O) groups is 2. The molecule has 1 aliphatic rings. The number of rotatable bonds is 3. The zero-order valence-corrected chi connectivity index (χ0v) is 17.1. The quantitative estimate of drug-likeness (QED) is 0.642. The van der Waals surface area contributed by atoms with Gasteiger partial charge in [-0.15, -0.1) is 0 Å². The van der Waals surface area contributed by atoms with Crippen molar-refractivity contribution in [2.75, 3.05) is 18.4 Å². The van der Waals surface area contributed by atoms with Crippen LogP contribution < -0.4 is 5.32 Å². The maximum absolute atomic E-state index is 13.1. The van der Waals surface area contributed by atoms with Crippen LogP contribution >= 0.6 is 11.6 Å². The molecule has 0 bridgehead atoms. The third-order valence-electron chi connectivity index (χ3n) is 5.56. The molecule has 2 amide bonds. The minimum absolute atomic E-state index is 0.0298. The van der Waals surface area contributed by atoms with Gasteiger partial charge in [-0.2, -0.15) is 0 Å². The highest BCUT2D eigenvalue weighted by Gasteiger charge is 2.28. The number of hydrogen-bond donors (Lipinski definition) is 1. The second kappa shape index (κ2) is 8.26. The highest BCUT2D eigenvalue weighted by atomic mass is 35.5. The summed E-state index contributed by atoms with van der Waals surface area (Å²) in [4.78, 5) is 27.6. The first-order valence-corrected chi connectivity index (χ1v) is 10.2. The molecule has 29 heavy (non-hydrogen) atoms. The molecule has 3 aromatic rings. The second-order valence-corrected chi connectivity index (χ2v) is 7.97. The third kappa shape index (κ3) is 4.13. The number of nitrogens with one attached hydrogen (secondary N) is 1. The van der Waals surface area contributed by atoms with Crippen molar-refractivity contribution in [3.8, 4) is 0 Å². The van der Waals surface area contributed by atoms with Crippen molar-refractivity contribution >= 4 is 39.9 Å². The smallest absolute Gasteiger partial charge is 0.254 e. The van der Waals surface area contributed by atoms with E-state index in [1.807, 2.05) is 72.5 Å². The first-order valence-electron chi connectivity index (χ1n) is 9.87. The Morgan fingerprint density at radius 2 is 1.72 bits per heavy atom. The molecule has 3 aromatic carbocycles. The van der Waals surface area contributed by atoms with Crippen LogP contribution in [0, 0.1) is 12.8 Å². The van der Waals surface area contributed by atoms with E-state index in [1.165, 1.54) is 0 Å². The summed E-state index contributed by atoms with van der Waals surface area (Å²) in [5.41, 5.74) is 2.40. The number of carbonyl (C=O) groups excluding carboxylic acids is 2. The van der Waals surface area contributed by atoms with Crippen molar-refractivity contribution in [2.24, 2.45) is 5.92 Å². The van der Waals surface area contributed by atoms with E-state index in [0.29, 0.717) is 36.6 Å². The number of benzene rings is 3. The molecule has 0 radical (unpaired) electrons. The van der Waals surface area contributed by atoms with Crippen molar-refractivity contribution in [2.45, 2.75) is 19.8 Å². The zero-order chi connectivity index (χ0) is 20.4. The van der Waals surface area contributed by atoms with Crippen LogP contribution in [0.3, 0.4) is 0 Å². The summed E-state index contributed by atoms with van der Waals surface area (Å²) in [6.07, 6.45) is 1.29. The Labute approximate surface area is 175 Å². The van der Waals surface area contributed by atoms with Gasteiger partial charge in [0.15, 0.2) is 0 Å². The number of aryl methyl sites for hydroxylation is 1. The Hall–Kier alpha value is -2.85. The van der Waals surface area contributed by atoms with Gasteiger partial charge in [-0.3, -0.25) is 9.59 Å². The number of piperidine rings is 1. The van der Waals surface area contributed by atoms with E-state index in [2.05, 4.69) is 5.32 Å². The van der Waals surface area contributed by atoms with Crippen LogP contribution in [-0.2, 0) is 4.79 Å². The van der Waals surface area contributed by atoms with Crippen LogP contribution in [0.4, 0.5) is 5.69 Å². The molecular weight excluding hydrogens is 384 g/mol. The lowest BCUT2D eigenvalue weighted by Gasteiger charge is -2.31. The van der Waals surface area contributed by atoms with Gasteiger partial charge in [-0.25, -0.2) is 0 Å². The van der Waals surface area contributed by atoms with Gasteiger partial charge in [0.05, 0.1) is 10.7 Å². The Morgan fingerprint density at radius 1 is 1.00 bits per heavy atom. The molecule has 4 nitrogen and oxygen atoms in total. The first kappa shape index (κ1) is 19.5. The van der Waals surface area contributed by atoms with E-state index >= 15 is 0 Å². The van der Waals surface area contributed by atoms with E-state index in [-0.39, 0.29) is 17.7 Å². The fourth-order valence-corrected chi connectivity index (χ4v) is 4.17. The monoisotopic (exact) mass is 406 g/mol. The molecule has 1 fully saturated rings. The van der Waals surface area contributed by atoms with Crippen molar-refractivity contribution < 1.29 is 9.59 Å². The fraction of sp³-hybridized carbons (Fsp3) is 0.250. The van der Waals surface area contributed by atoms with Crippen LogP contribution in [0.5, 0.6) is 0 Å². The number of fused-ring (bicyclic) bond motifs is 1. The molecule has 0 unspecified atom stereocenters. The van der Waals surface area contributed by atoms with Crippen molar-refractivity contribution in [1.29, 1.82) is 0 Å². The summed E-state index contributed by atoms with van der Waals surface area (Å²) in [5, 5.41) is 5.50. The minimum atomic E-state index is -0.121. The molecule has 0 aliphatic carbocycles. The van der Waals surface area contributed by atoms with E-state index in [9.17, 15) is 9.59 Å². The van der Waals surface area contributed by atoms with Crippen LogP contribution in [0.15, 0.2) is 60.7 Å². The lowest BCUT2D eigenvalue weighted by atomic mass is 9.94. The van der Waals surface area contributed by atoms with Crippen molar-refractivity contribution in [1.82, 2.24) is 4.90 Å². The molecular formula is C24H23ClN2O2. The van der Waals surface area contributed by atoms with Crippen LogP contribution in [0.1, 0.15) is 28.8 Å². The van der Waals surface area contributed by atoms with Crippen LogP contribution in [-0.4, -0.2) is 29.8 Å². The predicted molar refractivity (Wildman–Crippen MR) is 117 cm³/mol. The first-order chi connectivity index (χ1) is 14.0. The van der Waals surface area contributed by atoms with Gasteiger partial charge in [0.1, 0.15) is 0 Å². The number of likely N-dealkylation sites (tertiary alicyclic amines) is 1. The van der Waals surface area contributed by atoms with E-state index < -0.39 is 0 Å². The topological polar surface area (TPSA) is 49.4 Å². The molecule has 1 N–H and O–H groups in total. The number of halogens is 1. The Bertz CT molecular complexity index is 1070. The van der Waals surface area contributed by atoms with Gasteiger partial charge in [0.2, 0.25) is 5.91 Å². The van der Waals surface area contributed by atoms with E-state index in [0.717, 1.165) is 21.9 Å². The number of anilines is 1. The summed E-state index contributed by atoms with van der Waals surface area (Å²) in [5.74, 6) is -0.126. The summed E-state index contributed by atoms with van der Waals surface area (Å²) < 4.78 is 0. The van der Waals surface area contributed by atoms with E-state index in [1.54, 1.807) is 0 Å². The summed E-state index contributed by atoms with van der Waals surface area (Å²) in [6.45, 7) is 3.10. The molecule has 1 aliphatic heterocycles. The molecule has 4 rings (SSSR count). The summed E-state index contributed by atoms with van der Waals surface area (Å²) in [6, 6.07) is 19.3. The van der Waals surface area contributed by atoms with Crippen molar-refractivity contribution in [3.05, 3.63) is 76.8 Å². The largest absolute Gasteiger partial charge is 0.339 e. The highest BCUT2D eigenvalue weighted by Crippen LogP contribution is 2.27. The zero-order valence-electron chi connectivity index (χ0n) is 16.3. The molecule has 0 spiro atoms. The van der Waals surface area contributed by atoms with Gasteiger partial charge in [0, 0.05) is 24.6 Å². The molecule has 0 atom stereocenters. The van der Waals surface area contributed by atoms with Crippen molar-refractivity contribution in [3.63, 3.8) is 0 Å². The van der Waals surface area contributed by atoms with Gasteiger partial charge >= 0.3 is 0 Å². The molecule has 5 heteroatoms. The van der Waals surface area contributed by atoms with Crippen LogP contribution in [0.2, 0.25) is 5.02 Å².